The first kappa shape index (κ1) is 15.3. The fraction of sp³-hybridized carbons (Fsp3) is 0.429. The van der Waals surface area contributed by atoms with Gasteiger partial charge >= 0.3 is 5.97 Å². The fourth-order valence-electron chi connectivity index (χ4n) is 1.45. The molecular weight excluding hydrogens is 264 g/mol. The Hall–Kier alpha value is -1.73. The first-order valence-electron chi connectivity index (χ1n) is 5.83. The highest BCUT2D eigenvalue weighted by atomic mass is 35.5. The Kier molecular flexibility index (Phi) is 4.12. The molecule has 0 aliphatic heterocycles. The van der Waals surface area contributed by atoms with E-state index in [4.69, 9.17) is 16.9 Å². The lowest BCUT2D eigenvalue weighted by atomic mass is 9.74. The van der Waals surface area contributed by atoms with Crippen LogP contribution in [0.5, 0.6) is 0 Å². The molecule has 4 nitrogen and oxygen atoms in total. The predicted molar refractivity (Wildman–Crippen MR) is 75.3 cm³/mol. The molecule has 0 aliphatic carbocycles. The van der Waals surface area contributed by atoms with Gasteiger partial charge in [-0.1, -0.05) is 11.6 Å². The number of nitrogens with one attached hydrogen (secondary N) is 1. The molecule has 0 saturated carbocycles. The van der Waals surface area contributed by atoms with E-state index in [1.807, 2.05) is 6.07 Å². The van der Waals surface area contributed by atoms with Crippen LogP contribution in [0.25, 0.3) is 0 Å². The molecule has 0 heterocycles. The topological polar surface area (TPSA) is 73.1 Å². The first-order chi connectivity index (χ1) is 8.61. The maximum Gasteiger partial charge on any atom is 0.311 e. The van der Waals surface area contributed by atoms with E-state index in [1.54, 1.807) is 45.9 Å². The van der Waals surface area contributed by atoms with E-state index in [9.17, 15) is 9.90 Å². The minimum Gasteiger partial charge on any atom is -0.481 e. The number of anilines is 1. The van der Waals surface area contributed by atoms with Gasteiger partial charge in [0.05, 0.1) is 27.8 Å². The van der Waals surface area contributed by atoms with Crippen LogP contribution >= 0.6 is 11.6 Å². The summed E-state index contributed by atoms with van der Waals surface area (Å²) in [4.78, 5) is 11.3. The van der Waals surface area contributed by atoms with Crippen molar-refractivity contribution < 1.29 is 9.90 Å². The van der Waals surface area contributed by atoms with Crippen LogP contribution in [-0.4, -0.2) is 16.6 Å². The number of hydrogen-bond acceptors (Lipinski definition) is 3. The van der Waals surface area contributed by atoms with Crippen LogP contribution in [0, 0.1) is 16.7 Å². The van der Waals surface area contributed by atoms with Crippen molar-refractivity contribution in [1.29, 1.82) is 5.26 Å². The number of rotatable bonds is 4. The Balaban J connectivity index is 3.09. The van der Waals surface area contributed by atoms with Crippen LogP contribution in [0.2, 0.25) is 5.02 Å². The molecule has 102 valence electrons. The van der Waals surface area contributed by atoms with E-state index in [0.29, 0.717) is 16.3 Å². The molecule has 0 atom stereocenters. The summed E-state index contributed by atoms with van der Waals surface area (Å²) in [5.74, 6) is -0.894. The van der Waals surface area contributed by atoms with Crippen LogP contribution in [0.4, 0.5) is 5.69 Å². The molecule has 0 amide bonds. The number of carboxylic acid groups (broad SMARTS) is 1. The number of nitrogens with zero attached hydrogens (tertiary/aromatic N) is 1. The lowest BCUT2D eigenvalue weighted by Gasteiger charge is -2.39. The maximum absolute atomic E-state index is 11.3. The van der Waals surface area contributed by atoms with Gasteiger partial charge < -0.3 is 10.4 Å². The molecule has 0 fully saturated rings. The second kappa shape index (κ2) is 5.10. The maximum atomic E-state index is 11.3. The summed E-state index contributed by atoms with van der Waals surface area (Å²) in [6.07, 6.45) is 0. The second-order valence-corrected chi connectivity index (χ2v) is 5.89. The van der Waals surface area contributed by atoms with Crippen LogP contribution < -0.4 is 5.32 Å². The summed E-state index contributed by atoms with van der Waals surface area (Å²) in [7, 11) is 0. The Labute approximate surface area is 118 Å². The summed E-state index contributed by atoms with van der Waals surface area (Å²) >= 11 is 6.08. The Morgan fingerprint density at radius 3 is 2.37 bits per heavy atom. The number of benzene rings is 1. The van der Waals surface area contributed by atoms with Crippen molar-refractivity contribution in [3.05, 3.63) is 28.8 Å². The molecule has 0 aliphatic rings. The lowest BCUT2D eigenvalue weighted by molar-refractivity contribution is -0.149. The van der Waals surface area contributed by atoms with Gasteiger partial charge in [-0.3, -0.25) is 4.79 Å². The number of carbonyl (C=O) groups is 1. The van der Waals surface area contributed by atoms with Crippen LogP contribution in [0.1, 0.15) is 33.3 Å². The highest BCUT2D eigenvalue weighted by Gasteiger charge is 2.43. The van der Waals surface area contributed by atoms with E-state index in [2.05, 4.69) is 5.32 Å². The molecule has 1 aromatic carbocycles. The third-order valence-corrected chi connectivity index (χ3v) is 3.96. The summed E-state index contributed by atoms with van der Waals surface area (Å²) in [5, 5.41) is 21.6. The minimum absolute atomic E-state index is 0.397. The van der Waals surface area contributed by atoms with Gasteiger partial charge in [0.2, 0.25) is 0 Å². The Bertz CT molecular complexity index is 545. The van der Waals surface area contributed by atoms with Gasteiger partial charge in [-0.25, -0.2) is 0 Å². The molecule has 19 heavy (non-hydrogen) atoms. The monoisotopic (exact) mass is 280 g/mol. The second-order valence-electron chi connectivity index (χ2n) is 5.49. The Morgan fingerprint density at radius 2 is 1.95 bits per heavy atom. The smallest absolute Gasteiger partial charge is 0.311 e. The molecule has 0 spiro atoms. The summed E-state index contributed by atoms with van der Waals surface area (Å²) in [6.45, 7) is 6.91. The standard InChI is InChI=1S/C14H17ClN2O2/c1-13(2,12(18)19)14(3,4)17-11-6-5-9(8-16)7-10(11)15/h5-7,17H,1-4H3,(H,18,19). The van der Waals surface area contributed by atoms with Gasteiger partial charge in [-0.2, -0.15) is 5.26 Å². The van der Waals surface area contributed by atoms with Crippen molar-refractivity contribution in [1.82, 2.24) is 0 Å². The Morgan fingerprint density at radius 1 is 1.37 bits per heavy atom. The number of hydrogen-bond donors (Lipinski definition) is 2. The van der Waals surface area contributed by atoms with Crippen molar-refractivity contribution in [2.45, 2.75) is 33.2 Å². The summed E-state index contributed by atoms with van der Waals surface area (Å²) in [5.41, 5.74) is -0.619. The number of carboxylic acids is 1. The van der Waals surface area contributed by atoms with Gasteiger partial charge in [-0.15, -0.1) is 0 Å². The predicted octanol–water partition coefficient (Wildman–Crippen LogP) is 3.51. The zero-order valence-corrected chi connectivity index (χ0v) is 12.2. The molecule has 1 rings (SSSR count). The molecule has 0 saturated heterocycles. The SMILES string of the molecule is CC(C)(Nc1ccc(C#N)cc1Cl)C(C)(C)C(=O)O. The molecule has 1 aromatic rings. The van der Waals surface area contributed by atoms with Crippen molar-refractivity contribution in [2.24, 2.45) is 5.41 Å². The minimum atomic E-state index is -0.982. The summed E-state index contributed by atoms with van der Waals surface area (Å²) in [6, 6.07) is 6.87. The van der Waals surface area contributed by atoms with Crippen molar-refractivity contribution in [2.75, 3.05) is 5.32 Å². The third kappa shape index (κ3) is 2.99. The number of halogens is 1. The third-order valence-electron chi connectivity index (χ3n) is 3.64. The normalized spacial score (nSPS) is 11.8. The van der Waals surface area contributed by atoms with Gasteiger partial charge in [0.15, 0.2) is 0 Å². The molecular formula is C14H17ClN2O2. The molecule has 0 bridgehead atoms. The molecule has 0 radical (unpaired) electrons. The zero-order valence-electron chi connectivity index (χ0n) is 11.4. The van der Waals surface area contributed by atoms with E-state index in [0.717, 1.165) is 0 Å². The van der Waals surface area contributed by atoms with E-state index in [-0.39, 0.29) is 0 Å². The average molecular weight is 281 g/mol. The van der Waals surface area contributed by atoms with Gasteiger partial charge in [0.25, 0.3) is 0 Å². The van der Waals surface area contributed by atoms with E-state index in [1.165, 1.54) is 0 Å². The molecule has 0 aromatic heterocycles. The van der Waals surface area contributed by atoms with Crippen LogP contribution in [0.15, 0.2) is 18.2 Å². The zero-order chi connectivity index (χ0) is 14.8. The van der Waals surface area contributed by atoms with Gasteiger partial charge in [-0.05, 0) is 45.9 Å². The average Bonchev–Trinajstić information content (AvgIpc) is 2.31. The highest BCUT2D eigenvalue weighted by Crippen LogP contribution is 2.36. The first-order valence-corrected chi connectivity index (χ1v) is 6.21. The van der Waals surface area contributed by atoms with E-state index >= 15 is 0 Å². The largest absolute Gasteiger partial charge is 0.481 e. The lowest BCUT2D eigenvalue weighted by Crippen LogP contribution is -2.50. The van der Waals surface area contributed by atoms with Crippen molar-refractivity contribution >= 4 is 23.3 Å². The van der Waals surface area contributed by atoms with Crippen molar-refractivity contribution in [3.63, 3.8) is 0 Å². The fourth-order valence-corrected chi connectivity index (χ4v) is 1.67. The van der Waals surface area contributed by atoms with Crippen molar-refractivity contribution in [3.8, 4) is 6.07 Å². The highest BCUT2D eigenvalue weighted by molar-refractivity contribution is 6.33. The van der Waals surface area contributed by atoms with Crippen LogP contribution in [-0.2, 0) is 4.79 Å². The molecule has 2 N–H and O–H groups in total. The summed E-state index contributed by atoms with van der Waals surface area (Å²) < 4.78 is 0. The number of aliphatic carboxylic acids is 1. The number of nitriles is 1. The van der Waals surface area contributed by atoms with Crippen LogP contribution in [0.3, 0.4) is 0 Å². The van der Waals surface area contributed by atoms with E-state index < -0.39 is 16.9 Å². The quantitative estimate of drug-likeness (QED) is 0.885. The van der Waals surface area contributed by atoms with Gasteiger partial charge in [0, 0.05) is 5.54 Å². The molecule has 0 unspecified atom stereocenters. The van der Waals surface area contributed by atoms with Gasteiger partial charge in [0.1, 0.15) is 0 Å². The molecule has 5 heteroatoms.